The molecule has 51 heavy (non-hydrogen) atoms. The van der Waals surface area contributed by atoms with Gasteiger partial charge in [0.05, 0.1) is 18.3 Å². The van der Waals surface area contributed by atoms with Gasteiger partial charge in [0.15, 0.2) is 0 Å². The molecule has 4 fully saturated rings. The fourth-order valence-corrected chi connectivity index (χ4v) is 8.79. The smallest absolute Gasteiger partial charge is 0.410 e. The van der Waals surface area contributed by atoms with Crippen molar-refractivity contribution in [3.63, 3.8) is 0 Å². The van der Waals surface area contributed by atoms with Crippen LogP contribution in [0.15, 0.2) is 18.2 Å². The number of ether oxygens (including phenoxy) is 2. The minimum atomic E-state index is -3.89. The van der Waals surface area contributed by atoms with Crippen LogP contribution in [-0.2, 0) is 47.0 Å². The van der Waals surface area contributed by atoms with Gasteiger partial charge in [0.2, 0.25) is 21.8 Å². The lowest BCUT2D eigenvalue weighted by atomic mass is 10.0. The fraction of sp³-hybridized carbons (Fsp3) is 0.686. The van der Waals surface area contributed by atoms with Gasteiger partial charge in [-0.1, -0.05) is 44.2 Å². The second-order valence-electron chi connectivity index (χ2n) is 15.6. The molecule has 2 saturated heterocycles. The number of alkyl carbamates (subject to hydrolysis) is 1. The summed E-state index contributed by atoms with van der Waals surface area (Å²) < 4.78 is 53.4. The third-order valence-corrected chi connectivity index (χ3v) is 12.2. The topological polar surface area (TPSA) is 181 Å². The summed E-state index contributed by atoms with van der Waals surface area (Å²) in [6.07, 6.45) is 3.30. The third-order valence-electron chi connectivity index (χ3n) is 10.4. The molecule has 0 bridgehead atoms. The van der Waals surface area contributed by atoms with Crippen molar-refractivity contribution >= 4 is 39.9 Å². The van der Waals surface area contributed by atoms with E-state index in [1.165, 1.54) is 15.9 Å². The van der Waals surface area contributed by atoms with E-state index in [1.807, 2.05) is 0 Å². The number of hydrogen-bond donors (Lipinski definition) is 3. The summed E-state index contributed by atoms with van der Waals surface area (Å²) in [6, 6.07) is 2.35. The number of nitrogens with one attached hydrogen (secondary N) is 3. The Kier molecular flexibility index (Phi) is 10.3. The zero-order valence-electron chi connectivity index (χ0n) is 29.4. The van der Waals surface area contributed by atoms with E-state index in [2.05, 4.69) is 15.4 Å². The molecule has 0 spiro atoms. The highest BCUT2D eigenvalue weighted by atomic mass is 32.2. The molecule has 0 unspecified atom stereocenters. The molecule has 1 aromatic carbocycles. The van der Waals surface area contributed by atoms with Crippen LogP contribution in [0.4, 0.5) is 14.0 Å². The van der Waals surface area contributed by atoms with Crippen LogP contribution in [0.1, 0.15) is 103 Å². The summed E-state index contributed by atoms with van der Waals surface area (Å²) >= 11 is 0. The predicted molar refractivity (Wildman–Crippen MR) is 181 cm³/mol. The molecule has 5 aliphatic rings. The molecule has 5 amide bonds. The maximum absolute atomic E-state index is 14.4. The van der Waals surface area contributed by atoms with E-state index in [1.54, 1.807) is 32.9 Å². The van der Waals surface area contributed by atoms with Crippen molar-refractivity contribution in [3.8, 4) is 0 Å². The van der Waals surface area contributed by atoms with Crippen molar-refractivity contribution in [2.45, 2.75) is 139 Å². The average molecular weight is 734 g/mol. The molecule has 5 atom stereocenters. The summed E-state index contributed by atoms with van der Waals surface area (Å²) in [5.41, 5.74) is -1.25. The molecule has 14 nitrogen and oxygen atoms in total. The molecule has 2 aliphatic carbocycles. The lowest BCUT2D eigenvalue weighted by Gasteiger charge is -2.30. The first-order chi connectivity index (χ1) is 24.1. The van der Waals surface area contributed by atoms with Crippen molar-refractivity contribution in [1.29, 1.82) is 0 Å². The highest BCUT2D eigenvalue weighted by Gasteiger charge is 2.62. The van der Waals surface area contributed by atoms with Gasteiger partial charge in [0, 0.05) is 18.5 Å². The van der Waals surface area contributed by atoms with Crippen molar-refractivity contribution in [2.75, 3.05) is 6.54 Å². The average Bonchev–Trinajstić information content (AvgIpc) is 3.93. The third kappa shape index (κ3) is 8.41. The predicted octanol–water partition coefficient (Wildman–Crippen LogP) is 3.37. The van der Waals surface area contributed by atoms with E-state index in [-0.39, 0.29) is 44.8 Å². The van der Waals surface area contributed by atoms with Crippen LogP contribution in [-0.4, -0.2) is 89.2 Å². The second-order valence-corrected chi connectivity index (χ2v) is 17.5. The van der Waals surface area contributed by atoms with Gasteiger partial charge in [-0.05, 0) is 70.4 Å². The molecule has 0 aromatic heterocycles. The van der Waals surface area contributed by atoms with Crippen molar-refractivity contribution < 1.29 is 46.3 Å². The minimum Gasteiger partial charge on any atom is -0.444 e. The van der Waals surface area contributed by atoms with Gasteiger partial charge in [-0.2, -0.15) is 0 Å². The molecule has 1 aromatic rings. The number of sulfonamides is 1. The normalized spacial score (nSPS) is 28.6. The Morgan fingerprint density at radius 2 is 1.71 bits per heavy atom. The number of carbonyl (C=O) groups is 5. The SMILES string of the molecule is CC(C)(C)OC(=O)N[C@H]1CCCCCCC[C@H]2C[C@@]2(C(=O)NS(=O)(=O)C2CC2)NC(=O)[C@@H]2C[C@@H](OC(=O)N3Cc4cccc(F)c4C3)CN2C1=O. The second kappa shape index (κ2) is 14.2. The zero-order chi connectivity index (χ0) is 36.7. The number of benzene rings is 1. The summed E-state index contributed by atoms with van der Waals surface area (Å²) in [7, 11) is -3.89. The molecule has 16 heteroatoms. The van der Waals surface area contributed by atoms with Crippen LogP contribution in [0.2, 0.25) is 0 Å². The first kappa shape index (κ1) is 36.8. The molecule has 6 rings (SSSR count). The van der Waals surface area contributed by atoms with Gasteiger partial charge >= 0.3 is 12.2 Å². The van der Waals surface area contributed by atoms with E-state index in [9.17, 15) is 36.8 Å². The van der Waals surface area contributed by atoms with Gasteiger partial charge in [-0.25, -0.2) is 22.4 Å². The van der Waals surface area contributed by atoms with Gasteiger partial charge < -0.3 is 25.0 Å². The van der Waals surface area contributed by atoms with Gasteiger partial charge in [0.25, 0.3) is 5.91 Å². The number of hydrogen-bond acceptors (Lipinski definition) is 9. The molecule has 0 radical (unpaired) electrons. The number of amides is 5. The maximum atomic E-state index is 14.4. The van der Waals surface area contributed by atoms with Crippen LogP contribution >= 0.6 is 0 Å². The van der Waals surface area contributed by atoms with Crippen LogP contribution in [0, 0.1) is 11.7 Å². The standard InChI is InChI=1S/C35H48FN5O9S/c1-34(2,3)50-32(45)37-27-13-8-6-4-5-7-11-22-17-35(22,31(44)39-51(47,48)24-14-15-24)38-29(42)28-16-23(19-41(28)30(27)43)49-33(46)40-18-21-10-9-12-26(36)25(21)20-40/h9-10,12,22-24,27-28H,4-8,11,13-20H2,1-3H3,(H,37,45)(H,38,42)(H,39,44)/t22-,23+,27-,28-,35+/m0/s1. The number of fused-ring (bicyclic) bond motifs is 3. The van der Waals surface area contributed by atoms with Crippen LogP contribution in [0.25, 0.3) is 0 Å². The minimum absolute atomic E-state index is 0.00475. The number of rotatable bonds is 5. The number of carbonyl (C=O) groups excluding carboxylic acids is 5. The summed E-state index contributed by atoms with van der Waals surface area (Å²) in [5.74, 6) is -2.78. The van der Waals surface area contributed by atoms with E-state index in [4.69, 9.17) is 9.47 Å². The summed E-state index contributed by atoms with van der Waals surface area (Å²) in [6.45, 7) is 5.06. The highest BCUT2D eigenvalue weighted by molar-refractivity contribution is 7.91. The quantitative estimate of drug-likeness (QED) is 0.409. The van der Waals surface area contributed by atoms with Crippen molar-refractivity contribution in [3.05, 3.63) is 35.1 Å². The van der Waals surface area contributed by atoms with E-state index >= 15 is 0 Å². The van der Waals surface area contributed by atoms with Gasteiger partial charge in [-0.15, -0.1) is 0 Å². The van der Waals surface area contributed by atoms with Crippen LogP contribution in [0.3, 0.4) is 0 Å². The molecule has 3 heterocycles. The molecule has 280 valence electrons. The Morgan fingerprint density at radius 1 is 1.00 bits per heavy atom. The van der Waals surface area contributed by atoms with Crippen molar-refractivity contribution in [2.24, 2.45) is 5.92 Å². The van der Waals surface area contributed by atoms with E-state index in [0.717, 1.165) is 25.7 Å². The summed E-state index contributed by atoms with van der Waals surface area (Å²) in [5, 5.41) is 4.87. The monoisotopic (exact) mass is 733 g/mol. The van der Waals surface area contributed by atoms with Gasteiger partial charge in [0.1, 0.15) is 35.1 Å². The highest BCUT2D eigenvalue weighted by Crippen LogP contribution is 2.48. The van der Waals surface area contributed by atoms with Crippen LogP contribution < -0.4 is 15.4 Å². The fourth-order valence-electron chi connectivity index (χ4n) is 7.43. The Morgan fingerprint density at radius 3 is 2.39 bits per heavy atom. The molecular weight excluding hydrogens is 685 g/mol. The molecule has 3 aliphatic heterocycles. The largest absolute Gasteiger partial charge is 0.444 e. The molecule has 3 N–H and O–H groups in total. The Bertz CT molecular complexity index is 1680. The Labute approximate surface area is 297 Å². The Hall–Kier alpha value is -3.95. The van der Waals surface area contributed by atoms with Gasteiger partial charge in [-0.3, -0.25) is 24.0 Å². The summed E-state index contributed by atoms with van der Waals surface area (Å²) in [4.78, 5) is 70.9. The number of halogens is 1. The number of nitrogens with zero attached hydrogens (tertiary/aromatic N) is 2. The lowest BCUT2D eigenvalue weighted by Crippen LogP contribution is -2.58. The lowest BCUT2D eigenvalue weighted by molar-refractivity contribution is -0.141. The van der Waals surface area contributed by atoms with Crippen LogP contribution in [0.5, 0.6) is 0 Å². The Balaban J connectivity index is 1.24. The molecular formula is C35H48FN5O9S. The van der Waals surface area contributed by atoms with E-state index in [0.29, 0.717) is 36.8 Å². The van der Waals surface area contributed by atoms with Crippen molar-refractivity contribution in [1.82, 2.24) is 25.2 Å². The maximum Gasteiger partial charge on any atom is 0.410 e. The van der Waals surface area contributed by atoms with E-state index < -0.39 is 80.3 Å². The first-order valence-electron chi connectivity index (χ1n) is 18.0. The first-order valence-corrected chi connectivity index (χ1v) is 19.5. The zero-order valence-corrected chi connectivity index (χ0v) is 30.2. The molecule has 2 saturated carbocycles.